The van der Waals surface area contributed by atoms with Crippen LogP contribution in [0.1, 0.15) is 37.4 Å². The Morgan fingerprint density at radius 1 is 1.11 bits per heavy atom. The van der Waals surface area contributed by atoms with Gasteiger partial charge in [-0.05, 0) is 36.3 Å². The second kappa shape index (κ2) is 10.7. The van der Waals surface area contributed by atoms with Crippen LogP contribution in [0.4, 0.5) is 5.82 Å². The van der Waals surface area contributed by atoms with E-state index in [9.17, 15) is 4.79 Å². The Labute approximate surface area is 208 Å². The van der Waals surface area contributed by atoms with Gasteiger partial charge >= 0.3 is 0 Å². The van der Waals surface area contributed by atoms with Crippen molar-refractivity contribution >= 4 is 44.2 Å². The molecule has 10 heteroatoms. The first-order valence-electron chi connectivity index (χ1n) is 12.4. The van der Waals surface area contributed by atoms with E-state index in [1.165, 1.54) is 9.72 Å². The lowest BCUT2D eigenvalue weighted by Gasteiger charge is -2.35. The molecule has 1 aromatic carbocycles. The first-order chi connectivity index (χ1) is 17.1. The maximum absolute atomic E-state index is 12.6. The number of ketones is 1. The predicted molar refractivity (Wildman–Crippen MR) is 138 cm³/mol. The third kappa shape index (κ3) is 5.28. The standard InChI is InChI=1S/C25H31N7O2S/c1-3-7-23-26-24(20-16-19(4-2)35-25(20)27-23)31-13-11-30(12-14-31)17-18(33)10-15-34-32-22-9-6-5-8-21(22)28-29-32/h5-6,8-9,16H,3-4,7,10-15,17H2,1-2H3. The molecule has 0 aliphatic carbocycles. The van der Waals surface area contributed by atoms with Crippen molar-refractivity contribution in [3.05, 3.63) is 41.0 Å². The van der Waals surface area contributed by atoms with Crippen molar-refractivity contribution in [2.75, 3.05) is 44.2 Å². The summed E-state index contributed by atoms with van der Waals surface area (Å²) in [5, 5.41) is 9.22. The van der Waals surface area contributed by atoms with Crippen molar-refractivity contribution in [2.45, 2.75) is 39.5 Å². The van der Waals surface area contributed by atoms with E-state index in [2.05, 4.69) is 40.0 Å². The van der Waals surface area contributed by atoms with Crippen LogP contribution in [-0.2, 0) is 17.6 Å². The number of para-hydroxylation sites is 1. The Morgan fingerprint density at radius 3 is 2.74 bits per heavy atom. The summed E-state index contributed by atoms with van der Waals surface area (Å²) in [6.45, 7) is 8.43. The molecule has 0 spiro atoms. The molecule has 4 heterocycles. The van der Waals surface area contributed by atoms with Gasteiger partial charge in [0, 0.05) is 43.9 Å². The molecule has 0 saturated carbocycles. The number of Topliss-reactive ketones (excluding diaryl/α,β-unsaturated/α-hetero) is 1. The van der Waals surface area contributed by atoms with E-state index in [4.69, 9.17) is 14.8 Å². The summed E-state index contributed by atoms with van der Waals surface area (Å²) in [5.74, 6) is 2.15. The minimum Gasteiger partial charge on any atom is -0.395 e. The third-order valence-corrected chi connectivity index (χ3v) is 7.45. The zero-order valence-electron chi connectivity index (χ0n) is 20.3. The number of aryl methyl sites for hydroxylation is 2. The number of thiophene rings is 1. The topological polar surface area (TPSA) is 89.3 Å². The number of hydrogen-bond acceptors (Lipinski definition) is 9. The zero-order valence-corrected chi connectivity index (χ0v) is 21.1. The van der Waals surface area contributed by atoms with E-state index < -0.39 is 0 Å². The summed E-state index contributed by atoms with van der Waals surface area (Å²) in [4.78, 5) is 36.4. The van der Waals surface area contributed by atoms with Crippen LogP contribution in [0.3, 0.4) is 0 Å². The lowest BCUT2D eigenvalue weighted by atomic mass is 10.2. The van der Waals surface area contributed by atoms with Crippen molar-refractivity contribution in [3.63, 3.8) is 0 Å². The van der Waals surface area contributed by atoms with Crippen LogP contribution in [0.15, 0.2) is 30.3 Å². The Bertz CT molecular complexity index is 1310. The molecule has 3 aromatic heterocycles. The molecule has 0 amide bonds. The first kappa shape index (κ1) is 23.6. The molecule has 1 saturated heterocycles. The minimum absolute atomic E-state index is 0.169. The molecular weight excluding hydrogens is 462 g/mol. The number of benzene rings is 1. The first-order valence-corrected chi connectivity index (χ1v) is 13.2. The van der Waals surface area contributed by atoms with Crippen LogP contribution < -0.4 is 9.74 Å². The fourth-order valence-electron chi connectivity index (χ4n) is 4.38. The van der Waals surface area contributed by atoms with Gasteiger partial charge in [-0.3, -0.25) is 9.69 Å². The van der Waals surface area contributed by atoms with E-state index in [1.807, 2.05) is 24.3 Å². The highest BCUT2D eigenvalue weighted by Gasteiger charge is 2.23. The minimum atomic E-state index is 0.169. The highest BCUT2D eigenvalue weighted by atomic mass is 32.1. The summed E-state index contributed by atoms with van der Waals surface area (Å²) in [6, 6.07) is 9.84. The monoisotopic (exact) mass is 493 g/mol. The van der Waals surface area contributed by atoms with E-state index in [1.54, 1.807) is 11.3 Å². The lowest BCUT2D eigenvalue weighted by Crippen LogP contribution is -2.48. The normalized spacial score (nSPS) is 14.7. The maximum atomic E-state index is 12.6. The summed E-state index contributed by atoms with van der Waals surface area (Å²) in [7, 11) is 0. The summed E-state index contributed by atoms with van der Waals surface area (Å²) >= 11 is 1.78. The maximum Gasteiger partial charge on any atom is 0.150 e. The van der Waals surface area contributed by atoms with Gasteiger partial charge in [0.1, 0.15) is 39.9 Å². The molecule has 0 unspecified atom stereocenters. The van der Waals surface area contributed by atoms with E-state index >= 15 is 0 Å². The number of rotatable bonds is 10. The smallest absolute Gasteiger partial charge is 0.150 e. The van der Waals surface area contributed by atoms with Crippen LogP contribution in [-0.4, -0.2) is 75.1 Å². The van der Waals surface area contributed by atoms with Gasteiger partial charge in [0.15, 0.2) is 0 Å². The molecule has 9 nitrogen and oxygen atoms in total. The Hall–Kier alpha value is -3.11. The molecule has 1 aliphatic rings. The SMILES string of the molecule is CCCc1nc(N2CCN(CC(=O)CCOn3nnc4ccccc43)CC2)c2cc(CC)sc2n1. The Morgan fingerprint density at radius 2 is 1.94 bits per heavy atom. The Kier molecular flexibility index (Phi) is 7.19. The molecular formula is C25H31N7O2S. The van der Waals surface area contributed by atoms with Gasteiger partial charge in [-0.25, -0.2) is 9.97 Å². The molecule has 4 aromatic rings. The molecule has 35 heavy (non-hydrogen) atoms. The number of aromatic nitrogens is 5. The van der Waals surface area contributed by atoms with Gasteiger partial charge in [-0.1, -0.05) is 30.8 Å². The molecule has 0 atom stereocenters. The third-order valence-electron chi connectivity index (χ3n) is 6.28. The highest BCUT2D eigenvalue weighted by molar-refractivity contribution is 7.18. The molecule has 0 radical (unpaired) electrons. The van der Waals surface area contributed by atoms with Gasteiger partial charge in [-0.15, -0.1) is 16.4 Å². The summed E-state index contributed by atoms with van der Waals surface area (Å²) in [5.41, 5.74) is 1.57. The number of carbonyl (C=O) groups excluding carboxylic acids is 1. The highest BCUT2D eigenvalue weighted by Crippen LogP contribution is 2.32. The van der Waals surface area contributed by atoms with Gasteiger partial charge in [-0.2, -0.15) is 0 Å². The van der Waals surface area contributed by atoms with Crippen molar-refractivity contribution in [1.29, 1.82) is 0 Å². The fourth-order valence-corrected chi connectivity index (χ4v) is 5.37. The average Bonchev–Trinajstić information content (AvgIpc) is 3.48. The van der Waals surface area contributed by atoms with Crippen LogP contribution in [0.25, 0.3) is 21.3 Å². The van der Waals surface area contributed by atoms with Crippen molar-refractivity contribution in [3.8, 4) is 0 Å². The number of hydrogen-bond donors (Lipinski definition) is 0. The fraction of sp³-hybridized carbons (Fsp3) is 0.480. The van der Waals surface area contributed by atoms with Crippen molar-refractivity contribution < 1.29 is 9.63 Å². The molecule has 0 bridgehead atoms. The quantitative estimate of drug-likeness (QED) is 0.333. The van der Waals surface area contributed by atoms with E-state index in [0.717, 1.165) is 78.3 Å². The van der Waals surface area contributed by atoms with Gasteiger partial charge in [0.05, 0.1) is 11.9 Å². The summed E-state index contributed by atoms with van der Waals surface area (Å²) < 4.78 is 0. The average molecular weight is 494 g/mol. The van der Waals surface area contributed by atoms with Gasteiger partial charge in [0.2, 0.25) is 0 Å². The molecule has 5 rings (SSSR count). The number of nitrogens with zero attached hydrogens (tertiary/aromatic N) is 7. The van der Waals surface area contributed by atoms with Gasteiger partial charge < -0.3 is 9.74 Å². The molecule has 1 fully saturated rings. The number of piperazine rings is 1. The second-order valence-corrected chi connectivity index (χ2v) is 9.95. The molecule has 0 N–H and O–H groups in total. The van der Waals surface area contributed by atoms with Crippen molar-refractivity contribution in [1.82, 2.24) is 30.0 Å². The van der Waals surface area contributed by atoms with Gasteiger partial charge in [0.25, 0.3) is 0 Å². The second-order valence-electron chi connectivity index (χ2n) is 8.83. The van der Waals surface area contributed by atoms with Crippen LogP contribution in [0.2, 0.25) is 0 Å². The largest absolute Gasteiger partial charge is 0.395 e. The number of anilines is 1. The number of fused-ring (bicyclic) bond motifs is 2. The lowest BCUT2D eigenvalue weighted by molar-refractivity contribution is -0.121. The Balaban J connectivity index is 1.15. The van der Waals surface area contributed by atoms with Crippen molar-refractivity contribution in [2.24, 2.45) is 0 Å². The van der Waals surface area contributed by atoms with Crippen LogP contribution in [0, 0.1) is 0 Å². The van der Waals surface area contributed by atoms with Crippen LogP contribution in [0.5, 0.6) is 0 Å². The van der Waals surface area contributed by atoms with Crippen LogP contribution >= 0.6 is 11.3 Å². The molecule has 1 aliphatic heterocycles. The zero-order chi connectivity index (χ0) is 24.2. The number of carbonyl (C=O) groups is 1. The van der Waals surface area contributed by atoms with E-state index in [-0.39, 0.29) is 12.4 Å². The summed E-state index contributed by atoms with van der Waals surface area (Å²) in [6.07, 6.45) is 3.28. The molecule has 184 valence electrons. The van der Waals surface area contributed by atoms with E-state index in [0.29, 0.717) is 13.0 Å². The predicted octanol–water partition coefficient (Wildman–Crippen LogP) is 3.16.